The highest BCUT2D eigenvalue weighted by atomic mass is 16.1. The van der Waals surface area contributed by atoms with Gasteiger partial charge in [0.1, 0.15) is 0 Å². The van der Waals surface area contributed by atoms with Crippen LogP contribution in [0.4, 0.5) is 0 Å². The van der Waals surface area contributed by atoms with Crippen LogP contribution < -0.4 is 5.73 Å². The highest BCUT2D eigenvalue weighted by Crippen LogP contribution is 2.22. The van der Waals surface area contributed by atoms with Crippen LogP contribution in [-0.2, 0) is 4.79 Å². The van der Waals surface area contributed by atoms with E-state index in [1.165, 1.54) is 25.8 Å². The van der Waals surface area contributed by atoms with E-state index in [0.717, 1.165) is 26.1 Å². The van der Waals surface area contributed by atoms with Gasteiger partial charge in [0.2, 0.25) is 5.91 Å². The van der Waals surface area contributed by atoms with E-state index in [-0.39, 0.29) is 11.9 Å². The maximum Gasteiger partial charge on any atom is 0.234 e. The molecule has 4 nitrogen and oxygen atoms in total. The van der Waals surface area contributed by atoms with Gasteiger partial charge in [-0.3, -0.25) is 14.6 Å². The summed E-state index contributed by atoms with van der Waals surface area (Å²) >= 11 is 0. The molecule has 92 valence electrons. The number of piperidine rings is 1. The van der Waals surface area contributed by atoms with Crippen LogP contribution in [0.25, 0.3) is 0 Å². The molecule has 0 radical (unpaired) electrons. The number of carbonyl (C=O) groups excluding carboxylic acids is 1. The van der Waals surface area contributed by atoms with E-state index in [9.17, 15) is 4.79 Å². The molecule has 0 aliphatic carbocycles. The van der Waals surface area contributed by atoms with Crippen molar-refractivity contribution in [3.05, 3.63) is 0 Å². The van der Waals surface area contributed by atoms with Crippen LogP contribution in [-0.4, -0.2) is 54.0 Å². The van der Waals surface area contributed by atoms with Crippen molar-refractivity contribution in [2.75, 3.05) is 26.2 Å². The lowest BCUT2D eigenvalue weighted by Gasteiger charge is -2.45. The van der Waals surface area contributed by atoms with E-state index in [4.69, 9.17) is 5.73 Å². The average Bonchev–Trinajstić information content (AvgIpc) is 2.29. The number of piperazine rings is 1. The van der Waals surface area contributed by atoms with E-state index in [2.05, 4.69) is 9.80 Å². The first-order chi connectivity index (χ1) is 7.72. The first-order valence-electron chi connectivity index (χ1n) is 6.49. The van der Waals surface area contributed by atoms with E-state index >= 15 is 0 Å². The minimum absolute atomic E-state index is 0.0518. The largest absolute Gasteiger partial charge is 0.368 e. The molecule has 0 aromatic rings. The van der Waals surface area contributed by atoms with Crippen molar-refractivity contribution in [3.8, 4) is 0 Å². The number of hydrogen-bond acceptors (Lipinski definition) is 3. The second kappa shape index (κ2) is 5.15. The molecule has 2 aliphatic rings. The lowest BCUT2D eigenvalue weighted by atomic mass is 9.98. The molecule has 2 aliphatic heterocycles. The van der Waals surface area contributed by atoms with Crippen LogP contribution >= 0.6 is 0 Å². The van der Waals surface area contributed by atoms with Crippen LogP contribution in [0.3, 0.4) is 0 Å². The number of nitrogens with zero attached hydrogens (tertiary/aromatic N) is 2. The first kappa shape index (κ1) is 11.9. The van der Waals surface area contributed by atoms with Gasteiger partial charge in [-0.25, -0.2) is 0 Å². The van der Waals surface area contributed by atoms with Gasteiger partial charge < -0.3 is 5.73 Å². The second-order valence-corrected chi connectivity index (χ2v) is 5.01. The molecule has 2 saturated heterocycles. The van der Waals surface area contributed by atoms with E-state index in [1.54, 1.807) is 0 Å². The molecule has 2 rings (SSSR count). The standard InChI is InChI=1S/C12H23N3O/c1-2-11(12(13)16)15-8-7-14-6-4-3-5-10(14)9-15/h10-11H,2-9H2,1H3,(H2,13,16). The number of hydrogen-bond donors (Lipinski definition) is 1. The molecule has 2 heterocycles. The van der Waals surface area contributed by atoms with Crippen LogP contribution in [0.15, 0.2) is 0 Å². The minimum Gasteiger partial charge on any atom is -0.368 e. The molecular weight excluding hydrogens is 202 g/mol. The molecule has 0 bridgehead atoms. The van der Waals surface area contributed by atoms with Gasteiger partial charge in [0.25, 0.3) is 0 Å². The quantitative estimate of drug-likeness (QED) is 0.757. The summed E-state index contributed by atoms with van der Waals surface area (Å²) in [4.78, 5) is 16.2. The Morgan fingerprint density at radius 2 is 2.19 bits per heavy atom. The first-order valence-corrected chi connectivity index (χ1v) is 6.49. The highest BCUT2D eigenvalue weighted by Gasteiger charge is 2.33. The molecule has 2 N–H and O–H groups in total. The summed E-state index contributed by atoms with van der Waals surface area (Å²) in [7, 11) is 0. The van der Waals surface area contributed by atoms with Crippen molar-refractivity contribution in [1.29, 1.82) is 0 Å². The fourth-order valence-corrected chi connectivity index (χ4v) is 3.10. The molecule has 0 saturated carbocycles. The van der Waals surface area contributed by atoms with E-state index in [0.29, 0.717) is 6.04 Å². The van der Waals surface area contributed by atoms with E-state index < -0.39 is 0 Å². The molecule has 2 fully saturated rings. The van der Waals surface area contributed by atoms with Gasteiger partial charge in [0.15, 0.2) is 0 Å². The van der Waals surface area contributed by atoms with Crippen molar-refractivity contribution >= 4 is 5.91 Å². The zero-order valence-electron chi connectivity index (χ0n) is 10.2. The van der Waals surface area contributed by atoms with Crippen molar-refractivity contribution < 1.29 is 4.79 Å². The maximum atomic E-state index is 11.4. The SMILES string of the molecule is CCC(C(N)=O)N1CCN2CCCCC2C1. The number of primary amides is 1. The zero-order valence-corrected chi connectivity index (χ0v) is 10.2. The Bertz CT molecular complexity index is 257. The third kappa shape index (κ3) is 2.38. The summed E-state index contributed by atoms with van der Waals surface area (Å²) in [5.41, 5.74) is 5.45. The smallest absolute Gasteiger partial charge is 0.234 e. The van der Waals surface area contributed by atoms with E-state index in [1.807, 2.05) is 6.92 Å². The van der Waals surface area contributed by atoms with Gasteiger partial charge in [-0.2, -0.15) is 0 Å². The Balaban J connectivity index is 1.95. The summed E-state index contributed by atoms with van der Waals surface area (Å²) in [6.07, 6.45) is 4.79. The number of amides is 1. The highest BCUT2D eigenvalue weighted by molar-refractivity contribution is 5.79. The van der Waals surface area contributed by atoms with Gasteiger partial charge in [-0.1, -0.05) is 13.3 Å². The Kier molecular flexibility index (Phi) is 3.82. The topological polar surface area (TPSA) is 49.6 Å². The van der Waals surface area contributed by atoms with Gasteiger partial charge in [0, 0.05) is 25.7 Å². The molecule has 2 atom stereocenters. The lowest BCUT2D eigenvalue weighted by molar-refractivity contribution is -0.124. The molecule has 1 amide bonds. The lowest BCUT2D eigenvalue weighted by Crippen LogP contribution is -2.59. The molecule has 0 aromatic heterocycles. The number of nitrogens with two attached hydrogens (primary N) is 1. The van der Waals surface area contributed by atoms with Crippen LogP contribution in [0.2, 0.25) is 0 Å². The summed E-state index contributed by atoms with van der Waals surface area (Å²) in [5, 5.41) is 0. The molecule has 4 heteroatoms. The summed E-state index contributed by atoms with van der Waals surface area (Å²) in [5.74, 6) is -0.160. The Hall–Kier alpha value is -0.610. The molecule has 0 aromatic carbocycles. The predicted molar refractivity (Wildman–Crippen MR) is 64.1 cm³/mol. The summed E-state index contributed by atoms with van der Waals surface area (Å²) in [6, 6.07) is 0.611. The summed E-state index contributed by atoms with van der Waals surface area (Å²) in [6.45, 7) is 6.42. The van der Waals surface area contributed by atoms with Gasteiger partial charge in [-0.05, 0) is 25.8 Å². The number of rotatable bonds is 3. The van der Waals surface area contributed by atoms with Crippen LogP contribution in [0, 0.1) is 0 Å². The third-order valence-corrected chi connectivity index (χ3v) is 4.02. The van der Waals surface area contributed by atoms with Crippen molar-refractivity contribution in [1.82, 2.24) is 9.80 Å². The Morgan fingerprint density at radius 3 is 2.88 bits per heavy atom. The van der Waals surface area contributed by atoms with Gasteiger partial charge >= 0.3 is 0 Å². The maximum absolute atomic E-state index is 11.4. The molecular formula is C12H23N3O. The normalized spacial score (nSPS) is 29.7. The second-order valence-electron chi connectivity index (χ2n) is 5.01. The van der Waals surface area contributed by atoms with Crippen LogP contribution in [0.5, 0.6) is 0 Å². The summed E-state index contributed by atoms with van der Waals surface area (Å²) < 4.78 is 0. The fourth-order valence-electron chi connectivity index (χ4n) is 3.10. The van der Waals surface area contributed by atoms with Crippen LogP contribution in [0.1, 0.15) is 32.6 Å². The number of carbonyl (C=O) groups is 1. The number of fused-ring (bicyclic) bond motifs is 1. The molecule has 0 spiro atoms. The van der Waals surface area contributed by atoms with Crippen molar-refractivity contribution in [2.45, 2.75) is 44.7 Å². The Morgan fingerprint density at radius 1 is 1.38 bits per heavy atom. The molecule has 16 heavy (non-hydrogen) atoms. The predicted octanol–water partition coefficient (Wildman–Crippen LogP) is 0.420. The minimum atomic E-state index is -0.160. The average molecular weight is 225 g/mol. The monoisotopic (exact) mass is 225 g/mol. The van der Waals surface area contributed by atoms with Crippen molar-refractivity contribution in [3.63, 3.8) is 0 Å². The fraction of sp³-hybridized carbons (Fsp3) is 0.917. The zero-order chi connectivity index (χ0) is 11.5. The third-order valence-electron chi connectivity index (χ3n) is 4.02. The van der Waals surface area contributed by atoms with Crippen molar-refractivity contribution in [2.24, 2.45) is 5.73 Å². The van der Waals surface area contributed by atoms with Gasteiger partial charge in [0.05, 0.1) is 6.04 Å². The van der Waals surface area contributed by atoms with Gasteiger partial charge in [-0.15, -0.1) is 0 Å². The Labute approximate surface area is 97.8 Å². The molecule has 2 unspecified atom stereocenters.